The van der Waals surface area contributed by atoms with Crippen LogP contribution in [0.1, 0.15) is 25.7 Å². The average Bonchev–Trinajstić information content (AvgIpc) is 3.08. The Morgan fingerprint density at radius 3 is 3.06 bits per heavy atom. The molecule has 0 aromatic carbocycles. The molecule has 1 fully saturated rings. The lowest BCUT2D eigenvalue weighted by Crippen LogP contribution is -2.05. The second kappa shape index (κ2) is 4.92. The summed E-state index contributed by atoms with van der Waals surface area (Å²) in [6, 6.07) is 3.40. The molecule has 5 nitrogen and oxygen atoms in total. The van der Waals surface area contributed by atoms with Gasteiger partial charge in [0.15, 0.2) is 0 Å². The Hall–Kier alpha value is -1.65. The number of hydrogen-bond acceptors (Lipinski definition) is 4. The molecule has 0 radical (unpaired) electrons. The van der Waals surface area contributed by atoms with Crippen molar-refractivity contribution in [3.05, 3.63) is 28.4 Å². The maximum atomic E-state index is 10.7. The molecule has 16 heavy (non-hydrogen) atoms. The predicted molar refractivity (Wildman–Crippen MR) is 61.3 cm³/mol. The monoisotopic (exact) mass is 221 g/mol. The lowest BCUT2D eigenvalue weighted by Gasteiger charge is -2.05. The summed E-state index contributed by atoms with van der Waals surface area (Å²) < 4.78 is 0. The van der Waals surface area contributed by atoms with Gasteiger partial charge in [-0.2, -0.15) is 0 Å². The number of nitrogens with one attached hydrogen (secondary N) is 1. The molecule has 1 aromatic rings. The Morgan fingerprint density at radius 2 is 2.38 bits per heavy atom. The molecule has 0 aliphatic heterocycles. The minimum absolute atomic E-state index is 0.0890. The molecule has 5 heteroatoms. The molecule has 2 rings (SSSR count). The van der Waals surface area contributed by atoms with Gasteiger partial charge in [-0.05, 0) is 40.8 Å². The van der Waals surface area contributed by atoms with Gasteiger partial charge in [0, 0.05) is 6.54 Å². The van der Waals surface area contributed by atoms with Gasteiger partial charge in [0.2, 0.25) is 0 Å². The van der Waals surface area contributed by atoms with E-state index in [0.29, 0.717) is 5.69 Å². The molecule has 1 aromatic heterocycles. The highest BCUT2D eigenvalue weighted by atomic mass is 16.6. The Kier molecular flexibility index (Phi) is 3.34. The van der Waals surface area contributed by atoms with Crippen molar-refractivity contribution in [2.45, 2.75) is 25.7 Å². The normalized spacial score (nSPS) is 14.8. The molecular weight excluding hydrogens is 206 g/mol. The summed E-state index contributed by atoms with van der Waals surface area (Å²) in [6.45, 7) is 0.781. The summed E-state index contributed by atoms with van der Waals surface area (Å²) in [7, 11) is 0. The van der Waals surface area contributed by atoms with Crippen LogP contribution in [0.15, 0.2) is 18.3 Å². The zero-order valence-electron chi connectivity index (χ0n) is 9.06. The van der Waals surface area contributed by atoms with Crippen molar-refractivity contribution in [1.29, 1.82) is 0 Å². The first kappa shape index (κ1) is 10.9. The molecule has 1 heterocycles. The minimum atomic E-state index is -0.455. The summed E-state index contributed by atoms with van der Waals surface area (Å²) in [5.41, 5.74) is 0.517. The predicted octanol–water partition coefficient (Wildman–Crippen LogP) is 2.59. The van der Waals surface area contributed by atoms with Crippen LogP contribution >= 0.6 is 0 Å². The second-order valence-corrected chi connectivity index (χ2v) is 4.14. The van der Waals surface area contributed by atoms with E-state index in [1.807, 2.05) is 0 Å². The van der Waals surface area contributed by atoms with Gasteiger partial charge >= 0.3 is 5.82 Å². The zero-order valence-corrected chi connectivity index (χ0v) is 9.06. The van der Waals surface area contributed by atoms with Gasteiger partial charge in [-0.3, -0.25) is 0 Å². The SMILES string of the molecule is O=[N+]([O-])c1ncccc1NCCCC1CC1. The van der Waals surface area contributed by atoms with E-state index in [0.717, 1.165) is 18.9 Å². The minimum Gasteiger partial charge on any atom is -0.378 e. The van der Waals surface area contributed by atoms with E-state index in [9.17, 15) is 10.1 Å². The van der Waals surface area contributed by atoms with Gasteiger partial charge in [0.1, 0.15) is 11.9 Å². The quantitative estimate of drug-likeness (QED) is 0.455. The topological polar surface area (TPSA) is 68.1 Å². The van der Waals surface area contributed by atoms with Crippen LogP contribution in [0.4, 0.5) is 11.5 Å². The van der Waals surface area contributed by atoms with Crippen LogP contribution in [0.25, 0.3) is 0 Å². The highest BCUT2D eigenvalue weighted by Gasteiger charge is 2.20. The largest absolute Gasteiger partial charge is 0.386 e. The van der Waals surface area contributed by atoms with Gasteiger partial charge in [-0.1, -0.05) is 12.8 Å². The van der Waals surface area contributed by atoms with Crippen LogP contribution in [0.2, 0.25) is 0 Å². The molecule has 0 atom stereocenters. The average molecular weight is 221 g/mol. The molecule has 0 bridgehead atoms. The maximum absolute atomic E-state index is 10.7. The fourth-order valence-electron chi connectivity index (χ4n) is 1.70. The first-order valence-electron chi connectivity index (χ1n) is 5.60. The van der Waals surface area contributed by atoms with Gasteiger partial charge in [0.25, 0.3) is 0 Å². The number of hydrogen-bond donors (Lipinski definition) is 1. The Morgan fingerprint density at radius 1 is 1.56 bits per heavy atom. The van der Waals surface area contributed by atoms with Crippen molar-refractivity contribution in [2.75, 3.05) is 11.9 Å². The Labute approximate surface area is 94.0 Å². The Balaban J connectivity index is 1.84. The molecular formula is C11H15N3O2. The van der Waals surface area contributed by atoms with Gasteiger partial charge in [0.05, 0.1) is 0 Å². The van der Waals surface area contributed by atoms with Crippen LogP contribution in [-0.4, -0.2) is 16.5 Å². The summed E-state index contributed by atoms with van der Waals surface area (Å²) in [5.74, 6) is 0.819. The molecule has 1 aliphatic rings. The summed E-state index contributed by atoms with van der Waals surface area (Å²) in [6.07, 6.45) is 6.44. The van der Waals surface area contributed by atoms with Crippen molar-refractivity contribution in [3.63, 3.8) is 0 Å². The van der Waals surface area contributed by atoms with Crippen molar-refractivity contribution in [1.82, 2.24) is 4.98 Å². The van der Waals surface area contributed by atoms with Crippen molar-refractivity contribution in [2.24, 2.45) is 5.92 Å². The standard InChI is InChI=1S/C11H15N3O2/c15-14(16)11-10(4-2-8-13-11)12-7-1-3-9-5-6-9/h2,4,8-9,12H,1,3,5-7H2. The number of anilines is 1. The van der Waals surface area contributed by atoms with E-state index in [1.54, 1.807) is 12.1 Å². The van der Waals surface area contributed by atoms with Crippen LogP contribution in [0.5, 0.6) is 0 Å². The van der Waals surface area contributed by atoms with Crippen LogP contribution in [0.3, 0.4) is 0 Å². The fraction of sp³-hybridized carbons (Fsp3) is 0.545. The van der Waals surface area contributed by atoms with E-state index in [4.69, 9.17) is 0 Å². The van der Waals surface area contributed by atoms with Gasteiger partial charge in [-0.15, -0.1) is 0 Å². The lowest BCUT2D eigenvalue weighted by atomic mass is 10.2. The number of aromatic nitrogens is 1. The first-order valence-corrected chi connectivity index (χ1v) is 5.60. The van der Waals surface area contributed by atoms with E-state index in [1.165, 1.54) is 25.5 Å². The van der Waals surface area contributed by atoms with Gasteiger partial charge in [-0.25, -0.2) is 0 Å². The summed E-state index contributed by atoms with van der Waals surface area (Å²) in [4.78, 5) is 14.0. The molecule has 86 valence electrons. The van der Waals surface area contributed by atoms with E-state index >= 15 is 0 Å². The zero-order chi connectivity index (χ0) is 11.4. The maximum Gasteiger partial charge on any atom is 0.386 e. The highest BCUT2D eigenvalue weighted by molar-refractivity contribution is 5.56. The molecule has 1 aliphatic carbocycles. The van der Waals surface area contributed by atoms with Crippen molar-refractivity contribution < 1.29 is 4.92 Å². The number of nitrogens with zero attached hydrogens (tertiary/aromatic N) is 2. The molecule has 0 unspecified atom stereocenters. The summed E-state index contributed by atoms with van der Waals surface area (Å²) in [5, 5.41) is 13.7. The molecule has 0 amide bonds. The van der Waals surface area contributed by atoms with E-state index < -0.39 is 4.92 Å². The smallest absolute Gasteiger partial charge is 0.378 e. The number of pyridine rings is 1. The highest BCUT2D eigenvalue weighted by Crippen LogP contribution is 2.33. The summed E-state index contributed by atoms with van der Waals surface area (Å²) >= 11 is 0. The lowest BCUT2D eigenvalue weighted by molar-refractivity contribution is -0.388. The van der Waals surface area contributed by atoms with Crippen molar-refractivity contribution in [3.8, 4) is 0 Å². The number of rotatable bonds is 6. The second-order valence-electron chi connectivity index (χ2n) is 4.14. The van der Waals surface area contributed by atoms with Gasteiger partial charge < -0.3 is 15.4 Å². The van der Waals surface area contributed by atoms with E-state index in [2.05, 4.69) is 10.3 Å². The fourth-order valence-corrected chi connectivity index (χ4v) is 1.70. The van der Waals surface area contributed by atoms with Crippen LogP contribution in [0, 0.1) is 16.0 Å². The third-order valence-electron chi connectivity index (χ3n) is 2.76. The Bertz CT molecular complexity index is 377. The van der Waals surface area contributed by atoms with Crippen molar-refractivity contribution >= 4 is 11.5 Å². The third kappa shape index (κ3) is 2.92. The molecule has 1 N–H and O–H groups in total. The van der Waals surface area contributed by atoms with Crippen LogP contribution < -0.4 is 5.32 Å². The van der Waals surface area contributed by atoms with E-state index in [-0.39, 0.29) is 5.82 Å². The third-order valence-corrected chi connectivity index (χ3v) is 2.76. The molecule has 0 spiro atoms. The van der Waals surface area contributed by atoms with Crippen LogP contribution in [-0.2, 0) is 0 Å². The molecule has 1 saturated carbocycles. The molecule has 0 saturated heterocycles. The number of nitro groups is 1. The first-order chi connectivity index (χ1) is 7.77.